The van der Waals surface area contributed by atoms with Crippen molar-refractivity contribution in [2.75, 3.05) is 13.2 Å². The molecule has 8 heteroatoms. The molecule has 0 fully saturated rings. The molecule has 0 bridgehead atoms. The van der Waals surface area contributed by atoms with E-state index in [1.54, 1.807) is 0 Å². The monoisotopic (exact) mass is 296 g/mol. The van der Waals surface area contributed by atoms with Gasteiger partial charge in [0.05, 0.1) is 6.54 Å². The number of carbonyl (C=O) groups is 2. The van der Waals surface area contributed by atoms with Crippen LogP contribution >= 0.6 is 0 Å². The fraction of sp³-hybridized carbons (Fsp3) is 0.231. The average Bonchev–Trinajstić information content (AvgIpc) is 2.46. The standard InChI is InChI=1S/C9H12N2O2.C4H4O4/c10-11-5-7-6-12-8-3-1-2-4-9(8)13-7;5-3(6)1-2-4(7)8/h1-4,7,11H,5-6,10H2;1-2H,(H,5,6)(H,7,8)/b;2-1-. The second-order valence-electron chi connectivity index (χ2n) is 3.92. The minimum atomic E-state index is -1.26. The molecule has 0 aliphatic carbocycles. The van der Waals surface area contributed by atoms with E-state index in [9.17, 15) is 9.59 Å². The normalized spacial score (nSPS) is 16.0. The molecular formula is C13H16N2O6. The fourth-order valence-electron chi connectivity index (χ4n) is 1.44. The van der Waals surface area contributed by atoms with Crippen LogP contribution in [-0.2, 0) is 9.59 Å². The largest absolute Gasteiger partial charge is 0.486 e. The summed E-state index contributed by atoms with van der Waals surface area (Å²) in [6.07, 6.45) is 1.12. The summed E-state index contributed by atoms with van der Waals surface area (Å²) in [5.41, 5.74) is 2.56. The molecule has 2 rings (SSSR count). The Labute approximate surface area is 120 Å². The van der Waals surface area contributed by atoms with Crippen molar-refractivity contribution in [3.8, 4) is 11.5 Å². The molecule has 1 aliphatic rings. The van der Waals surface area contributed by atoms with E-state index in [2.05, 4.69) is 5.43 Å². The summed E-state index contributed by atoms with van der Waals surface area (Å²) in [6, 6.07) is 7.61. The minimum absolute atomic E-state index is 0.0000926. The van der Waals surface area contributed by atoms with Crippen LogP contribution in [0.15, 0.2) is 36.4 Å². The van der Waals surface area contributed by atoms with Crippen molar-refractivity contribution in [2.45, 2.75) is 6.10 Å². The predicted molar refractivity (Wildman–Crippen MR) is 73.0 cm³/mol. The molecule has 0 radical (unpaired) electrons. The van der Waals surface area contributed by atoms with Crippen molar-refractivity contribution in [3.05, 3.63) is 36.4 Å². The van der Waals surface area contributed by atoms with Gasteiger partial charge in [0.25, 0.3) is 0 Å². The van der Waals surface area contributed by atoms with Gasteiger partial charge in [-0.25, -0.2) is 9.59 Å². The number of rotatable bonds is 4. The third-order valence-electron chi connectivity index (χ3n) is 2.28. The number of hydrogen-bond donors (Lipinski definition) is 4. The Morgan fingerprint density at radius 1 is 1.24 bits per heavy atom. The Bertz CT molecular complexity index is 501. The fourth-order valence-corrected chi connectivity index (χ4v) is 1.44. The summed E-state index contributed by atoms with van der Waals surface area (Å²) in [7, 11) is 0. The summed E-state index contributed by atoms with van der Waals surface area (Å²) in [5, 5.41) is 15.6. The summed E-state index contributed by atoms with van der Waals surface area (Å²) in [5.74, 6) is 4.27. The molecule has 0 spiro atoms. The van der Waals surface area contributed by atoms with Gasteiger partial charge in [0.1, 0.15) is 12.7 Å². The number of hydrogen-bond acceptors (Lipinski definition) is 6. The summed E-state index contributed by atoms with van der Waals surface area (Å²) in [4.78, 5) is 19.1. The number of carboxylic acid groups (broad SMARTS) is 2. The van der Waals surface area contributed by atoms with E-state index in [0.29, 0.717) is 25.3 Å². The van der Waals surface area contributed by atoms with Crippen molar-refractivity contribution in [2.24, 2.45) is 5.84 Å². The van der Waals surface area contributed by atoms with Gasteiger partial charge in [-0.15, -0.1) is 0 Å². The molecule has 1 heterocycles. The highest BCUT2D eigenvalue weighted by atomic mass is 16.6. The highest BCUT2D eigenvalue weighted by Gasteiger charge is 2.19. The summed E-state index contributed by atoms with van der Waals surface area (Å²) < 4.78 is 11.1. The van der Waals surface area contributed by atoms with Gasteiger partial charge in [-0.1, -0.05) is 12.1 Å². The van der Waals surface area contributed by atoms with E-state index in [-0.39, 0.29) is 6.10 Å². The first-order valence-corrected chi connectivity index (χ1v) is 5.98. The van der Waals surface area contributed by atoms with Crippen LogP contribution in [0.1, 0.15) is 0 Å². The first-order valence-electron chi connectivity index (χ1n) is 5.98. The zero-order valence-corrected chi connectivity index (χ0v) is 11.1. The molecule has 1 aromatic carbocycles. The molecule has 0 amide bonds. The number of fused-ring (bicyclic) bond motifs is 1. The van der Waals surface area contributed by atoms with Crippen LogP contribution < -0.4 is 20.7 Å². The first kappa shape index (κ1) is 16.5. The molecule has 8 nitrogen and oxygen atoms in total. The Kier molecular flexibility index (Phi) is 6.72. The molecule has 0 saturated carbocycles. The second kappa shape index (κ2) is 8.56. The molecule has 21 heavy (non-hydrogen) atoms. The maximum Gasteiger partial charge on any atom is 0.328 e. The third kappa shape index (κ3) is 6.41. The lowest BCUT2D eigenvalue weighted by Crippen LogP contribution is -2.41. The van der Waals surface area contributed by atoms with E-state index in [4.69, 9.17) is 25.5 Å². The molecule has 1 aromatic rings. The lowest BCUT2D eigenvalue weighted by molar-refractivity contribution is -0.134. The number of hydrazine groups is 1. The molecule has 5 N–H and O–H groups in total. The molecule has 1 atom stereocenters. The number of nitrogens with one attached hydrogen (secondary N) is 1. The molecule has 0 saturated heterocycles. The molecule has 0 aromatic heterocycles. The van der Waals surface area contributed by atoms with Crippen molar-refractivity contribution in [1.82, 2.24) is 5.43 Å². The SMILES string of the molecule is NNCC1COc2ccccc2O1.O=C(O)/C=C\C(=O)O. The Hall–Kier alpha value is -2.58. The maximum absolute atomic E-state index is 9.55. The Morgan fingerprint density at radius 3 is 2.33 bits per heavy atom. The maximum atomic E-state index is 9.55. The number of ether oxygens (including phenoxy) is 2. The van der Waals surface area contributed by atoms with Crippen LogP contribution in [-0.4, -0.2) is 41.4 Å². The van der Waals surface area contributed by atoms with Crippen LogP contribution in [0.5, 0.6) is 11.5 Å². The smallest absolute Gasteiger partial charge is 0.328 e. The quantitative estimate of drug-likeness (QED) is 0.347. The number of aliphatic carboxylic acids is 2. The third-order valence-corrected chi connectivity index (χ3v) is 2.28. The predicted octanol–water partition coefficient (Wildman–Crippen LogP) is 0.00150. The van der Waals surface area contributed by atoms with Gasteiger partial charge in [0.2, 0.25) is 0 Å². The number of benzene rings is 1. The van der Waals surface area contributed by atoms with E-state index in [0.717, 1.165) is 11.5 Å². The van der Waals surface area contributed by atoms with E-state index >= 15 is 0 Å². The van der Waals surface area contributed by atoms with Crippen LogP contribution in [0, 0.1) is 0 Å². The van der Waals surface area contributed by atoms with Gasteiger partial charge < -0.3 is 19.7 Å². The second-order valence-corrected chi connectivity index (χ2v) is 3.92. The van der Waals surface area contributed by atoms with E-state index in [1.807, 2.05) is 24.3 Å². The minimum Gasteiger partial charge on any atom is -0.486 e. The average molecular weight is 296 g/mol. The van der Waals surface area contributed by atoms with Crippen molar-refractivity contribution < 1.29 is 29.3 Å². The van der Waals surface area contributed by atoms with Gasteiger partial charge in [-0.2, -0.15) is 0 Å². The van der Waals surface area contributed by atoms with Crippen LogP contribution in [0.25, 0.3) is 0 Å². The lowest BCUT2D eigenvalue weighted by Gasteiger charge is -2.25. The van der Waals surface area contributed by atoms with Crippen molar-refractivity contribution in [1.29, 1.82) is 0 Å². The van der Waals surface area contributed by atoms with Gasteiger partial charge in [0, 0.05) is 12.2 Å². The highest BCUT2D eigenvalue weighted by Crippen LogP contribution is 2.30. The number of nitrogens with two attached hydrogens (primary N) is 1. The van der Waals surface area contributed by atoms with Gasteiger partial charge in [0.15, 0.2) is 11.5 Å². The Balaban J connectivity index is 0.000000240. The van der Waals surface area contributed by atoms with Crippen molar-refractivity contribution >= 4 is 11.9 Å². The number of carboxylic acids is 2. The summed E-state index contributed by atoms with van der Waals surface area (Å²) >= 11 is 0. The van der Waals surface area contributed by atoms with Gasteiger partial charge in [-0.3, -0.25) is 11.3 Å². The van der Waals surface area contributed by atoms with Crippen LogP contribution in [0.4, 0.5) is 0 Å². The van der Waals surface area contributed by atoms with Crippen molar-refractivity contribution in [3.63, 3.8) is 0 Å². The van der Waals surface area contributed by atoms with E-state index in [1.165, 1.54) is 0 Å². The topological polar surface area (TPSA) is 131 Å². The lowest BCUT2D eigenvalue weighted by atomic mass is 10.2. The van der Waals surface area contributed by atoms with Crippen LogP contribution in [0.2, 0.25) is 0 Å². The Morgan fingerprint density at radius 2 is 1.81 bits per heavy atom. The first-order chi connectivity index (χ1) is 10.0. The summed E-state index contributed by atoms with van der Waals surface area (Å²) in [6.45, 7) is 1.13. The molecule has 1 aliphatic heterocycles. The van der Waals surface area contributed by atoms with Gasteiger partial charge in [-0.05, 0) is 12.1 Å². The molecule has 114 valence electrons. The van der Waals surface area contributed by atoms with Gasteiger partial charge >= 0.3 is 11.9 Å². The molecule has 1 unspecified atom stereocenters. The van der Waals surface area contributed by atoms with Crippen LogP contribution in [0.3, 0.4) is 0 Å². The number of para-hydroxylation sites is 2. The van der Waals surface area contributed by atoms with E-state index < -0.39 is 11.9 Å². The highest BCUT2D eigenvalue weighted by molar-refractivity contribution is 5.89. The molecular weight excluding hydrogens is 280 g/mol. The zero-order chi connectivity index (χ0) is 15.7. The zero-order valence-electron chi connectivity index (χ0n) is 11.1.